The van der Waals surface area contributed by atoms with Gasteiger partial charge in [0.05, 0.1) is 24.5 Å². The molecule has 4 aromatic rings. The second kappa shape index (κ2) is 10.1. The summed E-state index contributed by atoms with van der Waals surface area (Å²) in [5, 5.41) is 7.28. The fourth-order valence-corrected chi connectivity index (χ4v) is 4.54. The summed E-state index contributed by atoms with van der Waals surface area (Å²) in [6.45, 7) is 3.67. The Balaban J connectivity index is 1.54. The monoisotopic (exact) mass is 507 g/mol. The van der Waals surface area contributed by atoms with Crippen LogP contribution in [0, 0.1) is 5.82 Å². The van der Waals surface area contributed by atoms with Crippen LogP contribution in [-0.4, -0.2) is 46.8 Å². The van der Waals surface area contributed by atoms with Crippen molar-refractivity contribution in [1.29, 1.82) is 0 Å². The predicted octanol–water partition coefficient (Wildman–Crippen LogP) is 4.90. The van der Waals surface area contributed by atoms with Crippen LogP contribution in [0.4, 0.5) is 21.8 Å². The maximum Gasteiger partial charge on any atom is 0.229 e. The lowest BCUT2D eigenvalue weighted by molar-refractivity contribution is 0.413. The summed E-state index contributed by atoms with van der Waals surface area (Å²) in [7, 11) is 3.64. The van der Waals surface area contributed by atoms with Crippen molar-refractivity contribution in [2.45, 2.75) is 19.4 Å². The molecule has 2 aromatic heterocycles. The maximum atomic E-state index is 13.6. The molecule has 8 nitrogen and oxygen atoms in total. The number of hydrogen-bond acceptors (Lipinski definition) is 7. The molecule has 5 rings (SSSR count). The molecule has 186 valence electrons. The van der Waals surface area contributed by atoms with Gasteiger partial charge in [0, 0.05) is 43.7 Å². The van der Waals surface area contributed by atoms with E-state index in [4.69, 9.17) is 26.3 Å². The highest BCUT2D eigenvalue weighted by atomic mass is 35.5. The van der Waals surface area contributed by atoms with E-state index in [-0.39, 0.29) is 11.9 Å². The zero-order valence-electron chi connectivity index (χ0n) is 20.3. The van der Waals surface area contributed by atoms with Crippen LogP contribution >= 0.6 is 11.6 Å². The van der Waals surface area contributed by atoms with Gasteiger partial charge in [0.1, 0.15) is 28.9 Å². The molecule has 0 bridgehead atoms. The van der Waals surface area contributed by atoms with Gasteiger partial charge in [0.25, 0.3) is 0 Å². The van der Waals surface area contributed by atoms with E-state index in [2.05, 4.69) is 27.4 Å². The van der Waals surface area contributed by atoms with Crippen molar-refractivity contribution in [2.24, 2.45) is 0 Å². The molecular weight excluding hydrogens is 481 g/mol. The van der Waals surface area contributed by atoms with Gasteiger partial charge in [-0.2, -0.15) is 4.98 Å². The number of ether oxygens (including phenoxy) is 1. The van der Waals surface area contributed by atoms with Crippen molar-refractivity contribution in [2.75, 3.05) is 37.5 Å². The summed E-state index contributed by atoms with van der Waals surface area (Å²) in [6.07, 6.45) is 4.16. The number of aromatic nitrogens is 4. The highest BCUT2D eigenvalue weighted by Crippen LogP contribution is 2.34. The molecule has 2 N–H and O–H groups in total. The average Bonchev–Trinajstić information content (AvgIpc) is 3.33. The average molecular weight is 508 g/mol. The Morgan fingerprint density at radius 1 is 1.22 bits per heavy atom. The SMILES string of the molecule is CCN(C)c1nc(Nc2ccc(-n3cnc(Cl)c3)c(OC)c2)nc2c1CCNC2c1ccc(F)cc1. The number of imidazole rings is 1. The van der Waals surface area contributed by atoms with Crippen molar-refractivity contribution < 1.29 is 9.13 Å². The van der Waals surface area contributed by atoms with E-state index in [1.165, 1.54) is 12.1 Å². The third-order valence-corrected chi connectivity index (χ3v) is 6.51. The summed E-state index contributed by atoms with van der Waals surface area (Å²) in [5.41, 5.74) is 4.52. The number of hydrogen-bond donors (Lipinski definition) is 2. The second-order valence-electron chi connectivity index (χ2n) is 8.55. The summed E-state index contributed by atoms with van der Waals surface area (Å²) in [5.74, 6) is 1.74. The lowest BCUT2D eigenvalue weighted by Crippen LogP contribution is -2.34. The maximum absolute atomic E-state index is 13.6. The number of halogens is 2. The second-order valence-corrected chi connectivity index (χ2v) is 8.94. The van der Waals surface area contributed by atoms with E-state index in [0.717, 1.165) is 53.5 Å². The van der Waals surface area contributed by atoms with Crippen LogP contribution in [0.15, 0.2) is 55.0 Å². The van der Waals surface area contributed by atoms with Crippen LogP contribution in [0.2, 0.25) is 5.15 Å². The summed E-state index contributed by atoms with van der Waals surface area (Å²) in [6, 6.07) is 12.1. The molecule has 1 atom stereocenters. The van der Waals surface area contributed by atoms with Gasteiger partial charge in [-0.3, -0.25) is 0 Å². The molecular formula is C26H27ClFN7O. The van der Waals surface area contributed by atoms with Crippen molar-refractivity contribution >= 4 is 29.1 Å². The molecule has 0 radical (unpaired) electrons. The highest BCUT2D eigenvalue weighted by Gasteiger charge is 2.28. The van der Waals surface area contributed by atoms with E-state index < -0.39 is 0 Å². The minimum atomic E-state index is -0.262. The third-order valence-electron chi connectivity index (χ3n) is 6.32. The predicted molar refractivity (Wildman–Crippen MR) is 139 cm³/mol. The highest BCUT2D eigenvalue weighted by molar-refractivity contribution is 6.29. The fraction of sp³-hybridized carbons (Fsp3) is 0.269. The van der Waals surface area contributed by atoms with Gasteiger partial charge in [-0.05, 0) is 43.2 Å². The van der Waals surface area contributed by atoms with Gasteiger partial charge in [-0.25, -0.2) is 14.4 Å². The van der Waals surface area contributed by atoms with Crippen molar-refractivity contribution in [3.05, 3.63) is 82.8 Å². The number of anilines is 3. The molecule has 36 heavy (non-hydrogen) atoms. The molecule has 0 amide bonds. The molecule has 1 aliphatic rings. The molecule has 2 aromatic carbocycles. The van der Waals surface area contributed by atoms with Crippen LogP contribution in [-0.2, 0) is 6.42 Å². The van der Waals surface area contributed by atoms with Crippen LogP contribution in [0.1, 0.15) is 29.8 Å². The standard InChI is InChI=1S/C26H27ClFN7O/c1-4-34(2)25-19-11-12-29-23(16-5-7-17(28)8-6-16)24(19)32-26(33-25)31-18-9-10-20(21(13-18)36-3)35-14-22(27)30-15-35/h5-10,13-15,23,29H,4,11-12H2,1-3H3,(H,31,32,33). The summed E-state index contributed by atoms with van der Waals surface area (Å²) in [4.78, 5) is 16.0. The minimum absolute atomic E-state index is 0.162. The molecule has 1 unspecified atom stereocenters. The fourth-order valence-electron chi connectivity index (χ4n) is 4.39. The molecule has 3 heterocycles. The number of rotatable bonds is 7. The van der Waals surface area contributed by atoms with E-state index >= 15 is 0 Å². The Kier molecular flexibility index (Phi) is 6.75. The number of fused-ring (bicyclic) bond motifs is 1. The lowest BCUT2D eigenvalue weighted by Gasteiger charge is -2.30. The molecule has 0 saturated heterocycles. The first-order valence-corrected chi connectivity index (χ1v) is 12.1. The summed E-state index contributed by atoms with van der Waals surface area (Å²) >= 11 is 5.99. The van der Waals surface area contributed by atoms with E-state index in [1.807, 2.05) is 25.2 Å². The van der Waals surface area contributed by atoms with Gasteiger partial charge in [-0.1, -0.05) is 23.7 Å². The number of methoxy groups -OCH3 is 1. The molecule has 10 heteroatoms. The molecule has 1 aliphatic heterocycles. The first kappa shape index (κ1) is 24.0. The smallest absolute Gasteiger partial charge is 0.229 e. The normalized spacial score (nSPS) is 14.9. The Hall–Kier alpha value is -3.69. The first-order valence-electron chi connectivity index (χ1n) is 11.7. The van der Waals surface area contributed by atoms with Crippen molar-refractivity contribution in [3.63, 3.8) is 0 Å². The van der Waals surface area contributed by atoms with Crippen LogP contribution < -0.4 is 20.3 Å². The van der Waals surface area contributed by atoms with Crippen molar-refractivity contribution in [3.8, 4) is 11.4 Å². The Labute approximate surface area is 214 Å². The quantitative estimate of drug-likeness (QED) is 0.368. The molecule has 0 saturated carbocycles. The number of nitrogens with one attached hydrogen (secondary N) is 2. The largest absolute Gasteiger partial charge is 0.494 e. The first-order chi connectivity index (χ1) is 17.5. The Morgan fingerprint density at radius 3 is 2.72 bits per heavy atom. The van der Waals surface area contributed by atoms with Gasteiger partial charge in [-0.15, -0.1) is 0 Å². The van der Waals surface area contributed by atoms with Gasteiger partial charge >= 0.3 is 0 Å². The van der Waals surface area contributed by atoms with Crippen LogP contribution in [0.25, 0.3) is 5.69 Å². The molecule has 0 spiro atoms. The van der Waals surface area contributed by atoms with Gasteiger partial charge in [0.15, 0.2) is 0 Å². The zero-order chi connectivity index (χ0) is 25.2. The summed E-state index contributed by atoms with van der Waals surface area (Å²) < 4.78 is 21.0. The van der Waals surface area contributed by atoms with Gasteiger partial charge in [0.2, 0.25) is 5.95 Å². The van der Waals surface area contributed by atoms with E-state index in [9.17, 15) is 4.39 Å². The number of benzene rings is 2. The van der Waals surface area contributed by atoms with Crippen molar-refractivity contribution in [1.82, 2.24) is 24.8 Å². The number of nitrogens with zero attached hydrogens (tertiary/aromatic N) is 5. The Bertz CT molecular complexity index is 1380. The van der Waals surface area contributed by atoms with Gasteiger partial charge < -0.3 is 24.8 Å². The third kappa shape index (κ3) is 4.72. The lowest BCUT2D eigenvalue weighted by atomic mass is 9.94. The van der Waals surface area contributed by atoms with E-state index in [1.54, 1.807) is 36.3 Å². The minimum Gasteiger partial charge on any atom is -0.494 e. The van der Waals surface area contributed by atoms with Crippen LogP contribution in [0.3, 0.4) is 0 Å². The zero-order valence-corrected chi connectivity index (χ0v) is 21.1. The molecule has 0 fully saturated rings. The van der Waals surface area contributed by atoms with E-state index in [0.29, 0.717) is 16.9 Å². The van der Waals surface area contributed by atoms with Crippen LogP contribution in [0.5, 0.6) is 5.75 Å². The Morgan fingerprint density at radius 2 is 2.03 bits per heavy atom. The molecule has 0 aliphatic carbocycles. The topological polar surface area (TPSA) is 80.1 Å².